The van der Waals surface area contributed by atoms with Gasteiger partial charge in [0, 0.05) is 6.04 Å². The zero-order chi connectivity index (χ0) is 13.5. The topological polar surface area (TPSA) is 66.4 Å². The lowest BCUT2D eigenvalue weighted by atomic mass is 9.92. The summed E-state index contributed by atoms with van der Waals surface area (Å²) in [6.07, 6.45) is 5.54. The minimum atomic E-state index is -1.35. The van der Waals surface area contributed by atoms with Crippen LogP contribution in [0, 0.1) is 5.41 Å². The summed E-state index contributed by atoms with van der Waals surface area (Å²) < 4.78 is 0. The van der Waals surface area contributed by atoms with Gasteiger partial charge < -0.3 is 10.4 Å². The molecule has 0 aromatic carbocycles. The van der Waals surface area contributed by atoms with Crippen molar-refractivity contribution in [1.29, 1.82) is 0 Å². The fourth-order valence-electron chi connectivity index (χ4n) is 1.45. The second-order valence-corrected chi connectivity index (χ2v) is 5.15. The van der Waals surface area contributed by atoms with Gasteiger partial charge in [0.05, 0.1) is 0 Å². The maximum absolute atomic E-state index is 11.7. The molecule has 0 heterocycles. The third kappa shape index (κ3) is 5.71. The Hall–Kier alpha value is -1.06. The third-order valence-corrected chi connectivity index (χ3v) is 2.97. The zero-order valence-electron chi connectivity index (χ0n) is 11.4. The van der Waals surface area contributed by atoms with Gasteiger partial charge in [-0.1, -0.05) is 32.6 Å². The van der Waals surface area contributed by atoms with Crippen molar-refractivity contribution in [2.45, 2.75) is 65.8 Å². The van der Waals surface area contributed by atoms with Gasteiger partial charge in [-0.15, -0.1) is 0 Å². The largest absolute Gasteiger partial charge is 0.480 e. The van der Waals surface area contributed by atoms with Gasteiger partial charge >= 0.3 is 5.97 Å². The Kier molecular flexibility index (Phi) is 6.85. The fourth-order valence-corrected chi connectivity index (χ4v) is 1.45. The number of carbonyl (C=O) groups is 2. The van der Waals surface area contributed by atoms with Gasteiger partial charge in [0.15, 0.2) is 0 Å². The molecule has 0 aliphatic heterocycles. The Bertz CT molecular complexity index is 261. The van der Waals surface area contributed by atoms with E-state index >= 15 is 0 Å². The molecule has 4 nitrogen and oxygen atoms in total. The minimum Gasteiger partial charge on any atom is -0.480 e. The van der Waals surface area contributed by atoms with Crippen molar-refractivity contribution in [3.63, 3.8) is 0 Å². The maximum Gasteiger partial charge on any atom is 0.318 e. The number of nitrogens with one attached hydrogen (secondary N) is 1. The first kappa shape index (κ1) is 15.9. The Balaban J connectivity index is 3.99. The van der Waals surface area contributed by atoms with Crippen LogP contribution in [0.25, 0.3) is 0 Å². The lowest BCUT2D eigenvalue weighted by Crippen LogP contribution is -2.45. The number of amides is 1. The van der Waals surface area contributed by atoms with E-state index in [0.717, 1.165) is 12.8 Å². The molecule has 0 aromatic heterocycles. The number of hydrogen-bond acceptors (Lipinski definition) is 2. The van der Waals surface area contributed by atoms with Crippen LogP contribution in [0.15, 0.2) is 0 Å². The first-order valence-electron chi connectivity index (χ1n) is 6.36. The Morgan fingerprint density at radius 3 is 2.29 bits per heavy atom. The van der Waals surface area contributed by atoms with E-state index in [1.807, 2.05) is 6.92 Å². The van der Waals surface area contributed by atoms with Crippen LogP contribution in [0.5, 0.6) is 0 Å². The number of rotatable bonds is 8. The average Bonchev–Trinajstić information content (AvgIpc) is 2.24. The van der Waals surface area contributed by atoms with E-state index in [-0.39, 0.29) is 6.04 Å². The second kappa shape index (κ2) is 7.30. The molecule has 0 bridgehead atoms. The van der Waals surface area contributed by atoms with Gasteiger partial charge in [-0.2, -0.15) is 0 Å². The number of aliphatic carboxylic acids is 1. The molecule has 0 aromatic rings. The highest BCUT2D eigenvalue weighted by atomic mass is 16.4. The lowest BCUT2D eigenvalue weighted by molar-refractivity contribution is -0.153. The lowest BCUT2D eigenvalue weighted by Gasteiger charge is -2.22. The molecule has 1 atom stereocenters. The third-order valence-electron chi connectivity index (χ3n) is 2.97. The highest BCUT2D eigenvalue weighted by molar-refractivity contribution is 6.01. The van der Waals surface area contributed by atoms with Crippen molar-refractivity contribution in [1.82, 2.24) is 5.32 Å². The maximum atomic E-state index is 11.7. The zero-order valence-corrected chi connectivity index (χ0v) is 11.4. The monoisotopic (exact) mass is 243 g/mol. The predicted molar refractivity (Wildman–Crippen MR) is 67.8 cm³/mol. The van der Waals surface area contributed by atoms with Crippen LogP contribution in [0.4, 0.5) is 0 Å². The SMILES string of the molecule is CCCCCCC(C)NC(=O)C(C)(C)C(=O)O. The van der Waals surface area contributed by atoms with Gasteiger partial charge in [-0.25, -0.2) is 0 Å². The summed E-state index contributed by atoms with van der Waals surface area (Å²) in [5.41, 5.74) is -1.35. The highest BCUT2D eigenvalue weighted by Crippen LogP contribution is 2.16. The number of carboxylic acid groups (broad SMARTS) is 1. The molecule has 1 amide bonds. The number of hydrogen-bond donors (Lipinski definition) is 2. The minimum absolute atomic E-state index is 0.0398. The molecule has 0 aliphatic rings. The number of carbonyl (C=O) groups excluding carboxylic acids is 1. The van der Waals surface area contributed by atoms with Crippen molar-refractivity contribution < 1.29 is 14.7 Å². The van der Waals surface area contributed by atoms with Crippen LogP contribution in [-0.2, 0) is 9.59 Å². The Morgan fingerprint density at radius 1 is 1.24 bits per heavy atom. The molecule has 0 saturated heterocycles. The summed E-state index contributed by atoms with van der Waals surface area (Å²) in [4.78, 5) is 22.6. The van der Waals surface area contributed by atoms with E-state index in [2.05, 4.69) is 12.2 Å². The molecule has 17 heavy (non-hydrogen) atoms. The smallest absolute Gasteiger partial charge is 0.318 e. The van der Waals surface area contributed by atoms with Gasteiger partial charge in [0.2, 0.25) is 5.91 Å². The van der Waals surface area contributed by atoms with Crippen molar-refractivity contribution in [3.8, 4) is 0 Å². The fraction of sp³-hybridized carbons (Fsp3) is 0.846. The van der Waals surface area contributed by atoms with Crippen LogP contribution in [0.2, 0.25) is 0 Å². The molecule has 0 spiro atoms. The molecular weight excluding hydrogens is 218 g/mol. The molecular formula is C13H25NO3. The first-order chi connectivity index (χ1) is 7.82. The summed E-state index contributed by atoms with van der Waals surface area (Å²) >= 11 is 0. The molecule has 2 N–H and O–H groups in total. The molecule has 0 rings (SSSR count). The molecule has 0 aliphatic carbocycles. The quantitative estimate of drug-likeness (QED) is 0.508. The molecule has 4 heteroatoms. The van der Waals surface area contributed by atoms with Crippen molar-refractivity contribution in [2.24, 2.45) is 5.41 Å². The van der Waals surface area contributed by atoms with Gasteiger partial charge in [-0.3, -0.25) is 9.59 Å². The van der Waals surface area contributed by atoms with Crippen LogP contribution in [-0.4, -0.2) is 23.0 Å². The highest BCUT2D eigenvalue weighted by Gasteiger charge is 2.36. The molecule has 100 valence electrons. The summed E-state index contributed by atoms with van der Waals surface area (Å²) in [5.74, 6) is -1.50. The van der Waals surface area contributed by atoms with Gasteiger partial charge in [-0.05, 0) is 27.2 Å². The Labute approximate surface area is 104 Å². The number of unbranched alkanes of at least 4 members (excludes halogenated alkanes) is 3. The van der Waals surface area contributed by atoms with E-state index in [1.54, 1.807) is 0 Å². The van der Waals surface area contributed by atoms with E-state index < -0.39 is 17.3 Å². The standard InChI is InChI=1S/C13H25NO3/c1-5-6-7-8-9-10(2)14-11(15)13(3,4)12(16)17/h10H,5-9H2,1-4H3,(H,14,15)(H,16,17). The molecule has 1 unspecified atom stereocenters. The summed E-state index contributed by atoms with van der Waals surface area (Å²) in [7, 11) is 0. The normalized spacial score (nSPS) is 13.2. The van der Waals surface area contributed by atoms with Crippen molar-refractivity contribution >= 4 is 11.9 Å². The van der Waals surface area contributed by atoms with Gasteiger partial charge in [0.1, 0.15) is 5.41 Å². The van der Waals surface area contributed by atoms with E-state index in [1.165, 1.54) is 33.1 Å². The van der Waals surface area contributed by atoms with Gasteiger partial charge in [0.25, 0.3) is 0 Å². The van der Waals surface area contributed by atoms with Crippen LogP contribution in [0.3, 0.4) is 0 Å². The molecule has 0 saturated carbocycles. The predicted octanol–water partition coefficient (Wildman–Crippen LogP) is 2.57. The molecule has 0 radical (unpaired) electrons. The average molecular weight is 243 g/mol. The van der Waals surface area contributed by atoms with Crippen molar-refractivity contribution in [2.75, 3.05) is 0 Å². The van der Waals surface area contributed by atoms with Crippen LogP contribution < -0.4 is 5.32 Å². The van der Waals surface area contributed by atoms with E-state index in [9.17, 15) is 9.59 Å². The van der Waals surface area contributed by atoms with Crippen LogP contribution in [0.1, 0.15) is 59.8 Å². The van der Waals surface area contributed by atoms with E-state index in [4.69, 9.17) is 5.11 Å². The summed E-state index contributed by atoms with van der Waals surface area (Å²) in [5, 5.41) is 11.7. The van der Waals surface area contributed by atoms with E-state index in [0.29, 0.717) is 0 Å². The first-order valence-corrected chi connectivity index (χ1v) is 6.36. The second-order valence-electron chi connectivity index (χ2n) is 5.15. The van der Waals surface area contributed by atoms with Crippen LogP contribution >= 0.6 is 0 Å². The number of carboxylic acids is 1. The Morgan fingerprint density at radius 2 is 1.82 bits per heavy atom. The summed E-state index contributed by atoms with van der Waals surface area (Å²) in [6, 6.07) is 0.0398. The van der Waals surface area contributed by atoms with Crippen molar-refractivity contribution in [3.05, 3.63) is 0 Å². The summed E-state index contributed by atoms with van der Waals surface area (Å²) in [6.45, 7) is 6.92. The molecule has 0 fully saturated rings.